The molecule has 7 nitrogen and oxygen atoms in total. The van der Waals surface area contributed by atoms with Gasteiger partial charge in [0, 0.05) is 41.4 Å². The molecule has 23 heavy (non-hydrogen) atoms. The molecule has 1 aliphatic heterocycles. The molecule has 2 N–H and O–H groups in total. The molecule has 0 fully saturated rings. The summed E-state index contributed by atoms with van der Waals surface area (Å²) in [6, 6.07) is 0.115. The maximum Gasteiger partial charge on any atom is 0.191 e. The smallest absolute Gasteiger partial charge is 0.191 e. The summed E-state index contributed by atoms with van der Waals surface area (Å²) in [5.74, 6) is 3.09. The average Bonchev–Trinajstić information content (AvgIpc) is 2.86. The first kappa shape index (κ1) is 17.9. The van der Waals surface area contributed by atoms with Gasteiger partial charge in [-0.1, -0.05) is 0 Å². The second kappa shape index (κ2) is 7.42. The summed E-state index contributed by atoms with van der Waals surface area (Å²) in [5.41, 5.74) is 0. The van der Waals surface area contributed by atoms with Gasteiger partial charge in [-0.3, -0.25) is 9.20 Å². The van der Waals surface area contributed by atoms with Gasteiger partial charge in [-0.25, -0.2) is 9.67 Å². The van der Waals surface area contributed by atoms with Gasteiger partial charge in [0.1, 0.15) is 11.6 Å². The minimum atomic E-state index is -0.867. The largest absolute Gasteiger partial charge is 0.355 e. The molecule has 8 heteroatoms. The lowest BCUT2D eigenvalue weighted by Gasteiger charge is -2.25. The molecule has 2 unspecified atom stereocenters. The van der Waals surface area contributed by atoms with E-state index in [9.17, 15) is 4.21 Å². The first-order valence-electron chi connectivity index (χ1n) is 8.08. The predicted octanol–water partition coefficient (Wildman–Crippen LogP) is 1.13. The molecule has 0 amide bonds. The Balaban J connectivity index is 1.90. The zero-order valence-electron chi connectivity index (χ0n) is 14.7. The molecule has 0 saturated carbocycles. The number of guanidine groups is 1. The van der Waals surface area contributed by atoms with E-state index < -0.39 is 10.8 Å². The molecule has 2 heterocycles. The van der Waals surface area contributed by atoms with E-state index in [2.05, 4.69) is 25.7 Å². The number of hydrogen-bond acceptors (Lipinski definition) is 4. The van der Waals surface area contributed by atoms with Crippen LogP contribution in [0, 0.1) is 6.92 Å². The summed E-state index contributed by atoms with van der Waals surface area (Å²) in [6.45, 7) is 9.44. The molecule has 0 saturated heterocycles. The Hall–Kier alpha value is -1.44. The van der Waals surface area contributed by atoms with Gasteiger partial charge < -0.3 is 10.6 Å². The van der Waals surface area contributed by atoms with Crippen LogP contribution in [0.5, 0.6) is 0 Å². The summed E-state index contributed by atoms with van der Waals surface area (Å²) in [5, 5.41) is 11.1. The monoisotopic (exact) mass is 340 g/mol. The van der Waals surface area contributed by atoms with E-state index in [1.807, 2.05) is 32.4 Å². The molecule has 0 spiro atoms. The van der Waals surface area contributed by atoms with E-state index in [-0.39, 0.29) is 10.8 Å². The summed E-state index contributed by atoms with van der Waals surface area (Å²) in [6.07, 6.45) is 2.07. The van der Waals surface area contributed by atoms with Crippen molar-refractivity contribution < 1.29 is 4.21 Å². The highest BCUT2D eigenvalue weighted by molar-refractivity contribution is 7.86. The van der Waals surface area contributed by atoms with E-state index in [0.29, 0.717) is 12.3 Å². The average molecular weight is 340 g/mol. The SMILES string of the molecule is CN=C(NCCS(=O)C(C)(C)C)NC1CCCn2nc(C)nc21. The Morgan fingerprint density at radius 1 is 1.48 bits per heavy atom. The minimum absolute atomic E-state index is 0.115. The van der Waals surface area contributed by atoms with Crippen LogP contribution in [0.15, 0.2) is 4.99 Å². The van der Waals surface area contributed by atoms with Gasteiger partial charge in [0.15, 0.2) is 5.96 Å². The predicted molar refractivity (Wildman–Crippen MR) is 94.0 cm³/mol. The van der Waals surface area contributed by atoms with Crippen LogP contribution in [-0.2, 0) is 17.3 Å². The molecule has 2 rings (SSSR count). The van der Waals surface area contributed by atoms with E-state index in [1.54, 1.807) is 7.05 Å². The van der Waals surface area contributed by atoms with Crippen LogP contribution in [0.1, 0.15) is 51.3 Å². The molecule has 0 aromatic carbocycles. The lowest BCUT2D eigenvalue weighted by molar-refractivity contribution is 0.398. The van der Waals surface area contributed by atoms with Gasteiger partial charge in [0.25, 0.3) is 0 Å². The van der Waals surface area contributed by atoms with Crippen molar-refractivity contribution in [2.24, 2.45) is 4.99 Å². The third-order valence-corrected chi connectivity index (χ3v) is 5.72. The van der Waals surface area contributed by atoms with Crippen molar-refractivity contribution in [1.29, 1.82) is 0 Å². The van der Waals surface area contributed by atoms with Gasteiger partial charge in [0.05, 0.1) is 6.04 Å². The van der Waals surface area contributed by atoms with Crippen molar-refractivity contribution in [3.63, 3.8) is 0 Å². The quantitative estimate of drug-likeness (QED) is 0.634. The number of aromatic nitrogens is 3. The van der Waals surface area contributed by atoms with Crippen molar-refractivity contribution in [2.75, 3.05) is 19.3 Å². The van der Waals surface area contributed by atoms with E-state index in [1.165, 1.54) is 0 Å². The molecular formula is C15H28N6OS. The highest BCUT2D eigenvalue weighted by atomic mass is 32.2. The highest BCUT2D eigenvalue weighted by Gasteiger charge is 2.24. The van der Waals surface area contributed by atoms with Gasteiger partial charge in [-0.15, -0.1) is 0 Å². The van der Waals surface area contributed by atoms with Crippen molar-refractivity contribution >= 4 is 16.8 Å². The van der Waals surface area contributed by atoms with Crippen LogP contribution in [0.4, 0.5) is 0 Å². The Morgan fingerprint density at radius 2 is 2.22 bits per heavy atom. The van der Waals surface area contributed by atoms with E-state index in [0.717, 1.165) is 37.0 Å². The standard InChI is InChI=1S/C15H28N6OS/c1-11-18-13-12(7-6-9-21(13)20-11)19-14(16-5)17-8-10-23(22)15(2,3)4/h12H,6-10H2,1-5H3,(H2,16,17,19). The molecule has 130 valence electrons. The molecule has 1 aromatic rings. The number of hydrogen-bond donors (Lipinski definition) is 2. The summed E-state index contributed by atoms with van der Waals surface area (Å²) in [4.78, 5) is 8.78. The lowest BCUT2D eigenvalue weighted by atomic mass is 10.1. The fraction of sp³-hybridized carbons (Fsp3) is 0.800. The van der Waals surface area contributed by atoms with Crippen molar-refractivity contribution in [3.05, 3.63) is 11.6 Å². The Bertz CT molecular complexity index is 589. The second-order valence-corrected chi connectivity index (χ2v) is 9.06. The van der Waals surface area contributed by atoms with Gasteiger partial charge in [-0.2, -0.15) is 5.10 Å². The van der Waals surface area contributed by atoms with Crippen molar-refractivity contribution in [2.45, 2.75) is 57.9 Å². The topological polar surface area (TPSA) is 84.2 Å². The lowest BCUT2D eigenvalue weighted by Crippen LogP contribution is -2.43. The van der Waals surface area contributed by atoms with Crippen LogP contribution < -0.4 is 10.6 Å². The molecule has 1 aliphatic rings. The minimum Gasteiger partial charge on any atom is -0.355 e. The van der Waals surface area contributed by atoms with Crippen LogP contribution in [0.3, 0.4) is 0 Å². The van der Waals surface area contributed by atoms with Crippen LogP contribution in [0.2, 0.25) is 0 Å². The van der Waals surface area contributed by atoms with Crippen molar-refractivity contribution in [3.8, 4) is 0 Å². The number of nitrogens with zero attached hydrogens (tertiary/aromatic N) is 4. The Labute approximate surface area is 140 Å². The third kappa shape index (κ3) is 4.76. The highest BCUT2D eigenvalue weighted by Crippen LogP contribution is 2.22. The Kier molecular flexibility index (Phi) is 5.78. The molecular weight excluding hydrogens is 312 g/mol. The summed E-state index contributed by atoms with van der Waals surface area (Å²) >= 11 is 0. The fourth-order valence-corrected chi connectivity index (χ4v) is 3.43. The molecule has 2 atom stereocenters. The molecule has 0 bridgehead atoms. The second-order valence-electron chi connectivity index (χ2n) is 6.74. The zero-order valence-corrected chi connectivity index (χ0v) is 15.5. The van der Waals surface area contributed by atoms with Crippen molar-refractivity contribution in [1.82, 2.24) is 25.4 Å². The normalized spacial score (nSPS) is 20.0. The number of aryl methyl sites for hydroxylation is 2. The zero-order chi connectivity index (χ0) is 17.0. The first-order chi connectivity index (χ1) is 10.8. The fourth-order valence-electron chi connectivity index (χ4n) is 2.53. The van der Waals surface area contributed by atoms with Gasteiger partial charge in [-0.05, 0) is 40.5 Å². The summed E-state index contributed by atoms with van der Waals surface area (Å²) < 4.78 is 13.9. The number of nitrogens with one attached hydrogen (secondary N) is 2. The molecule has 1 aromatic heterocycles. The van der Waals surface area contributed by atoms with Crippen LogP contribution >= 0.6 is 0 Å². The first-order valence-corrected chi connectivity index (χ1v) is 9.40. The number of aliphatic imine (C=N–C) groups is 1. The Morgan fingerprint density at radius 3 is 2.87 bits per heavy atom. The van der Waals surface area contributed by atoms with Crippen LogP contribution in [-0.4, -0.2) is 49.0 Å². The third-order valence-electron chi connectivity index (χ3n) is 3.78. The van der Waals surface area contributed by atoms with Crippen LogP contribution in [0.25, 0.3) is 0 Å². The number of fused-ring (bicyclic) bond motifs is 1. The molecule has 0 aliphatic carbocycles. The van der Waals surface area contributed by atoms with Gasteiger partial charge >= 0.3 is 0 Å². The molecule has 0 radical (unpaired) electrons. The maximum atomic E-state index is 12.1. The van der Waals surface area contributed by atoms with E-state index in [4.69, 9.17) is 0 Å². The van der Waals surface area contributed by atoms with Gasteiger partial charge in [0.2, 0.25) is 0 Å². The van der Waals surface area contributed by atoms with E-state index >= 15 is 0 Å². The summed E-state index contributed by atoms with van der Waals surface area (Å²) in [7, 11) is 0.878. The number of rotatable bonds is 4. The maximum absolute atomic E-state index is 12.1.